The Morgan fingerprint density at radius 2 is 2.04 bits per heavy atom. The van der Waals surface area contributed by atoms with E-state index >= 15 is 0 Å². The second-order valence-corrected chi connectivity index (χ2v) is 6.86. The summed E-state index contributed by atoms with van der Waals surface area (Å²) in [6, 6.07) is 4.39. The van der Waals surface area contributed by atoms with Crippen molar-refractivity contribution in [2.45, 2.75) is 33.1 Å². The molecule has 26 heavy (non-hydrogen) atoms. The molecule has 0 radical (unpaired) electrons. The van der Waals surface area contributed by atoms with E-state index < -0.39 is 5.82 Å². The van der Waals surface area contributed by atoms with Gasteiger partial charge in [0, 0.05) is 25.1 Å². The summed E-state index contributed by atoms with van der Waals surface area (Å²) >= 11 is 0. The largest absolute Gasteiger partial charge is 0.354 e. The topological polar surface area (TPSA) is 70.2 Å². The van der Waals surface area contributed by atoms with Crippen molar-refractivity contribution < 1.29 is 14.0 Å². The first-order valence-corrected chi connectivity index (χ1v) is 8.99. The molecule has 0 saturated carbocycles. The summed E-state index contributed by atoms with van der Waals surface area (Å²) < 4.78 is 13.5. The molecule has 0 spiro atoms. The van der Waals surface area contributed by atoms with Crippen LogP contribution in [0.3, 0.4) is 0 Å². The Hall–Kier alpha value is -1.66. The minimum atomic E-state index is -0.396. The number of nitrogens with one attached hydrogen (secondary N) is 3. The summed E-state index contributed by atoms with van der Waals surface area (Å²) in [5.41, 5.74) is 0.791. The van der Waals surface area contributed by atoms with E-state index in [1.54, 1.807) is 19.1 Å². The molecule has 1 heterocycles. The van der Waals surface area contributed by atoms with Crippen LogP contribution < -0.4 is 16.0 Å². The zero-order chi connectivity index (χ0) is 18.2. The highest BCUT2D eigenvalue weighted by Gasteiger charge is 2.21. The number of aryl methyl sites for hydroxylation is 1. The van der Waals surface area contributed by atoms with Crippen molar-refractivity contribution in [1.82, 2.24) is 16.0 Å². The molecule has 5 nitrogen and oxygen atoms in total. The maximum absolute atomic E-state index is 13.5. The van der Waals surface area contributed by atoms with Crippen LogP contribution in [0.1, 0.15) is 42.1 Å². The summed E-state index contributed by atoms with van der Waals surface area (Å²) in [6.07, 6.45) is 2.84. The van der Waals surface area contributed by atoms with E-state index in [-0.39, 0.29) is 29.8 Å². The standard InChI is InChI=1S/C19H28FN3O2.ClH/c1-13-5-6-15(11-17(13)20)19(25)23-9-8-22-18(24)10-14(2)16-4-3-7-21-12-16;/h5-6,11,14,16,21H,3-4,7-10,12H2,1-2H3,(H,22,24)(H,23,25);1H. The first-order valence-electron chi connectivity index (χ1n) is 8.99. The fourth-order valence-corrected chi connectivity index (χ4v) is 3.11. The van der Waals surface area contributed by atoms with Crippen LogP contribution in [0, 0.1) is 24.6 Å². The third kappa shape index (κ3) is 6.92. The second kappa shape index (κ2) is 11.1. The summed E-state index contributed by atoms with van der Waals surface area (Å²) in [5, 5.41) is 8.89. The average Bonchev–Trinajstić information content (AvgIpc) is 2.61. The lowest BCUT2D eigenvalue weighted by molar-refractivity contribution is -0.122. The number of amides is 2. The summed E-state index contributed by atoms with van der Waals surface area (Å²) in [4.78, 5) is 23.9. The number of rotatable bonds is 7. The molecule has 1 saturated heterocycles. The first-order chi connectivity index (χ1) is 12.0. The molecular weight excluding hydrogens is 357 g/mol. The van der Waals surface area contributed by atoms with E-state index in [2.05, 4.69) is 22.9 Å². The van der Waals surface area contributed by atoms with Crippen molar-refractivity contribution in [2.75, 3.05) is 26.2 Å². The lowest BCUT2D eigenvalue weighted by Crippen LogP contribution is -2.37. The molecule has 2 rings (SSSR count). The molecule has 0 aliphatic carbocycles. The van der Waals surface area contributed by atoms with Gasteiger partial charge in [-0.25, -0.2) is 4.39 Å². The molecule has 1 fully saturated rings. The van der Waals surface area contributed by atoms with Gasteiger partial charge < -0.3 is 16.0 Å². The predicted molar refractivity (Wildman–Crippen MR) is 103 cm³/mol. The number of hydrogen-bond donors (Lipinski definition) is 3. The van der Waals surface area contributed by atoms with E-state index in [1.165, 1.54) is 18.9 Å². The molecule has 1 aliphatic rings. The van der Waals surface area contributed by atoms with Crippen molar-refractivity contribution >= 4 is 24.2 Å². The average molecular weight is 386 g/mol. The fourth-order valence-electron chi connectivity index (χ4n) is 3.11. The van der Waals surface area contributed by atoms with E-state index in [4.69, 9.17) is 0 Å². The third-order valence-corrected chi connectivity index (χ3v) is 4.81. The highest BCUT2D eigenvalue weighted by molar-refractivity contribution is 5.94. The van der Waals surface area contributed by atoms with Gasteiger partial charge in [0.15, 0.2) is 0 Å². The van der Waals surface area contributed by atoms with Gasteiger partial charge in [0.25, 0.3) is 5.91 Å². The van der Waals surface area contributed by atoms with Crippen LogP contribution >= 0.6 is 12.4 Å². The highest BCUT2D eigenvalue weighted by atomic mass is 35.5. The normalized spacial score (nSPS) is 17.7. The highest BCUT2D eigenvalue weighted by Crippen LogP contribution is 2.22. The molecule has 1 aromatic carbocycles. The van der Waals surface area contributed by atoms with Gasteiger partial charge in [-0.1, -0.05) is 13.0 Å². The maximum atomic E-state index is 13.5. The van der Waals surface area contributed by atoms with Crippen molar-refractivity contribution in [2.24, 2.45) is 11.8 Å². The van der Waals surface area contributed by atoms with Gasteiger partial charge in [0.05, 0.1) is 0 Å². The Balaban J connectivity index is 0.00000338. The van der Waals surface area contributed by atoms with Crippen LogP contribution in [0.2, 0.25) is 0 Å². The lowest BCUT2D eigenvalue weighted by atomic mass is 9.85. The molecule has 7 heteroatoms. The van der Waals surface area contributed by atoms with Crippen molar-refractivity contribution in [3.63, 3.8) is 0 Å². The molecule has 0 aromatic heterocycles. The monoisotopic (exact) mass is 385 g/mol. The minimum absolute atomic E-state index is 0. The van der Waals surface area contributed by atoms with Gasteiger partial charge in [-0.3, -0.25) is 9.59 Å². The number of halogens is 2. The Morgan fingerprint density at radius 1 is 1.31 bits per heavy atom. The molecule has 1 aromatic rings. The van der Waals surface area contributed by atoms with Gasteiger partial charge >= 0.3 is 0 Å². The van der Waals surface area contributed by atoms with Gasteiger partial charge in [-0.2, -0.15) is 0 Å². The minimum Gasteiger partial charge on any atom is -0.354 e. The zero-order valence-electron chi connectivity index (χ0n) is 15.4. The van der Waals surface area contributed by atoms with Gasteiger partial charge in [0.1, 0.15) is 5.82 Å². The summed E-state index contributed by atoms with van der Waals surface area (Å²) in [7, 11) is 0. The third-order valence-electron chi connectivity index (χ3n) is 4.81. The Morgan fingerprint density at radius 3 is 2.69 bits per heavy atom. The van der Waals surface area contributed by atoms with Crippen molar-refractivity contribution in [1.29, 1.82) is 0 Å². The first kappa shape index (κ1) is 22.4. The molecule has 2 amide bonds. The van der Waals surface area contributed by atoms with Gasteiger partial charge in [0.2, 0.25) is 5.91 Å². The van der Waals surface area contributed by atoms with Gasteiger partial charge in [-0.15, -0.1) is 12.4 Å². The van der Waals surface area contributed by atoms with Crippen molar-refractivity contribution in [3.8, 4) is 0 Å². The number of carbonyl (C=O) groups excluding carboxylic acids is 2. The van der Waals surface area contributed by atoms with Gasteiger partial charge in [-0.05, 0) is 62.4 Å². The number of carbonyl (C=O) groups is 2. The molecule has 146 valence electrons. The Kier molecular flexibility index (Phi) is 9.59. The Bertz CT molecular complexity index is 606. The van der Waals surface area contributed by atoms with Crippen molar-refractivity contribution in [3.05, 3.63) is 35.1 Å². The van der Waals surface area contributed by atoms with E-state index in [0.29, 0.717) is 36.9 Å². The predicted octanol–water partition coefficient (Wildman–Crippen LogP) is 2.43. The number of hydrogen-bond acceptors (Lipinski definition) is 3. The molecule has 2 unspecified atom stereocenters. The lowest BCUT2D eigenvalue weighted by Gasteiger charge is -2.28. The van der Waals surface area contributed by atoms with Crippen LogP contribution in [0.25, 0.3) is 0 Å². The smallest absolute Gasteiger partial charge is 0.251 e. The Labute approximate surface area is 160 Å². The van der Waals surface area contributed by atoms with E-state index in [1.807, 2.05) is 0 Å². The van der Waals surface area contributed by atoms with Crippen LogP contribution in [0.5, 0.6) is 0 Å². The summed E-state index contributed by atoms with van der Waals surface area (Å²) in [6.45, 7) is 6.51. The summed E-state index contributed by atoms with van der Waals surface area (Å²) in [5.74, 6) is 0.171. The second-order valence-electron chi connectivity index (χ2n) is 6.86. The zero-order valence-corrected chi connectivity index (χ0v) is 16.3. The fraction of sp³-hybridized carbons (Fsp3) is 0.579. The van der Waals surface area contributed by atoms with E-state index in [9.17, 15) is 14.0 Å². The van der Waals surface area contributed by atoms with Crippen LogP contribution in [-0.2, 0) is 4.79 Å². The maximum Gasteiger partial charge on any atom is 0.251 e. The molecule has 3 N–H and O–H groups in total. The number of benzene rings is 1. The molecule has 1 aliphatic heterocycles. The molecular formula is C19H29ClFN3O2. The molecule has 0 bridgehead atoms. The molecule has 2 atom stereocenters. The quantitative estimate of drug-likeness (QED) is 0.631. The van der Waals surface area contributed by atoms with Crippen LogP contribution in [0.15, 0.2) is 18.2 Å². The SMILES string of the molecule is Cc1ccc(C(=O)NCCNC(=O)CC(C)C2CCCNC2)cc1F.Cl. The van der Waals surface area contributed by atoms with Crippen LogP contribution in [0.4, 0.5) is 4.39 Å². The van der Waals surface area contributed by atoms with E-state index in [0.717, 1.165) is 13.1 Å². The van der Waals surface area contributed by atoms with Crippen LogP contribution in [-0.4, -0.2) is 38.0 Å². The number of piperidine rings is 1.